The lowest BCUT2D eigenvalue weighted by Gasteiger charge is -2.44. The molecule has 1 heterocycles. The smallest absolute Gasteiger partial charge is 0.242 e. The van der Waals surface area contributed by atoms with E-state index < -0.39 is 5.54 Å². The van der Waals surface area contributed by atoms with E-state index in [4.69, 9.17) is 0 Å². The van der Waals surface area contributed by atoms with Crippen LogP contribution in [0.1, 0.15) is 46.0 Å². The molecule has 19 heavy (non-hydrogen) atoms. The fourth-order valence-electron chi connectivity index (χ4n) is 3.27. The quantitative estimate of drug-likeness (QED) is 0.780. The number of piperazine rings is 1. The van der Waals surface area contributed by atoms with Gasteiger partial charge in [-0.25, -0.2) is 0 Å². The Morgan fingerprint density at radius 2 is 1.84 bits per heavy atom. The van der Waals surface area contributed by atoms with Crippen molar-refractivity contribution in [1.29, 1.82) is 0 Å². The van der Waals surface area contributed by atoms with Crippen molar-refractivity contribution in [1.82, 2.24) is 9.80 Å². The Labute approximate surface area is 116 Å². The van der Waals surface area contributed by atoms with Gasteiger partial charge in [-0.3, -0.25) is 14.5 Å². The Hall–Kier alpha value is -0.900. The molecule has 0 N–H and O–H groups in total. The van der Waals surface area contributed by atoms with Crippen LogP contribution in [0.5, 0.6) is 0 Å². The summed E-state index contributed by atoms with van der Waals surface area (Å²) in [5, 5.41) is 0. The molecule has 4 heteroatoms. The van der Waals surface area contributed by atoms with E-state index in [0.29, 0.717) is 12.3 Å². The van der Waals surface area contributed by atoms with Crippen molar-refractivity contribution in [3.8, 4) is 0 Å². The summed E-state index contributed by atoms with van der Waals surface area (Å²) in [4.78, 5) is 28.4. The zero-order valence-electron chi connectivity index (χ0n) is 12.4. The van der Waals surface area contributed by atoms with Gasteiger partial charge in [0.05, 0.1) is 12.1 Å². The van der Waals surface area contributed by atoms with Crippen molar-refractivity contribution in [3.05, 3.63) is 0 Å². The van der Waals surface area contributed by atoms with Crippen LogP contribution in [-0.2, 0) is 9.59 Å². The average molecular weight is 266 g/mol. The molecule has 0 radical (unpaired) electrons. The van der Waals surface area contributed by atoms with Crippen molar-refractivity contribution in [3.63, 3.8) is 0 Å². The van der Waals surface area contributed by atoms with E-state index in [9.17, 15) is 9.59 Å². The fourth-order valence-corrected chi connectivity index (χ4v) is 3.27. The maximum Gasteiger partial charge on any atom is 0.242 e. The molecule has 0 atom stereocenters. The largest absolute Gasteiger partial charge is 0.343 e. The minimum atomic E-state index is -0.544. The lowest BCUT2D eigenvalue weighted by Crippen LogP contribution is -2.63. The molecule has 2 rings (SSSR count). The first-order valence-corrected chi connectivity index (χ1v) is 7.46. The predicted octanol–water partition coefficient (Wildman–Crippen LogP) is 1.69. The van der Waals surface area contributed by atoms with Crippen LogP contribution in [0.15, 0.2) is 0 Å². The Morgan fingerprint density at radius 1 is 1.21 bits per heavy atom. The van der Waals surface area contributed by atoms with E-state index >= 15 is 0 Å². The van der Waals surface area contributed by atoms with Gasteiger partial charge in [-0.05, 0) is 26.7 Å². The van der Waals surface area contributed by atoms with Crippen molar-refractivity contribution >= 4 is 11.7 Å². The highest BCUT2D eigenvalue weighted by molar-refractivity contribution is 5.88. The van der Waals surface area contributed by atoms with Crippen LogP contribution in [0.3, 0.4) is 0 Å². The molecule has 1 saturated heterocycles. The minimum Gasteiger partial charge on any atom is -0.343 e. The molecule has 1 aliphatic heterocycles. The normalized spacial score (nSPS) is 25.6. The summed E-state index contributed by atoms with van der Waals surface area (Å²) in [5.41, 5.74) is -0.544. The van der Waals surface area contributed by atoms with Crippen molar-refractivity contribution in [2.24, 2.45) is 5.92 Å². The van der Waals surface area contributed by atoms with Crippen molar-refractivity contribution < 1.29 is 9.59 Å². The highest BCUT2D eigenvalue weighted by Gasteiger charge is 2.41. The third-order valence-corrected chi connectivity index (χ3v) is 4.77. The van der Waals surface area contributed by atoms with Crippen LogP contribution in [0, 0.1) is 5.92 Å². The highest BCUT2D eigenvalue weighted by Crippen LogP contribution is 2.27. The van der Waals surface area contributed by atoms with E-state index in [1.165, 1.54) is 19.3 Å². The monoisotopic (exact) mass is 266 g/mol. The summed E-state index contributed by atoms with van der Waals surface area (Å²) < 4.78 is 0. The van der Waals surface area contributed by atoms with Crippen molar-refractivity contribution in [2.45, 2.75) is 51.5 Å². The maximum atomic E-state index is 12.4. The van der Waals surface area contributed by atoms with Gasteiger partial charge in [0.1, 0.15) is 5.78 Å². The van der Waals surface area contributed by atoms with Gasteiger partial charge in [0.15, 0.2) is 0 Å². The fraction of sp³-hybridized carbons (Fsp3) is 0.867. The van der Waals surface area contributed by atoms with Gasteiger partial charge < -0.3 is 4.90 Å². The summed E-state index contributed by atoms with van der Waals surface area (Å²) in [6.45, 7) is 5.82. The number of likely N-dealkylation sites (N-methyl/N-ethyl adjacent to an activating group) is 1. The molecule has 0 unspecified atom stereocenters. The van der Waals surface area contributed by atoms with Gasteiger partial charge in [-0.1, -0.05) is 19.3 Å². The molecule has 0 aromatic heterocycles. The lowest BCUT2D eigenvalue weighted by molar-refractivity contribution is -0.148. The summed E-state index contributed by atoms with van der Waals surface area (Å²) in [7, 11) is 1.84. The predicted molar refractivity (Wildman–Crippen MR) is 74.9 cm³/mol. The number of carbonyl (C=O) groups is 2. The van der Waals surface area contributed by atoms with Gasteiger partial charge >= 0.3 is 0 Å². The zero-order chi connectivity index (χ0) is 14.0. The van der Waals surface area contributed by atoms with Crippen LogP contribution in [0.25, 0.3) is 0 Å². The van der Waals surface area contributed by atoms with Crippen LogP contribution in [-0.4, -0.2) is 53.7 Å². The van der Waals surface area contributed by atoms with Gasteiger partial charge in [0.2, 0.25) is 5.91 Å². The number of rotatable bonds is 3. The molecule has 1 aliphatic carbocycles. The SMILES string of the molecule is CN1CCN(CC(=O)C2CCCCC2)C(C)(C)C1=O. The van der Waals surface area contributed by atoms with Crippen LogP contribution >= 0.6 is 0 Å². The van der Waals surface area contributed by atoms with Gasteiger partial charge in [0.25, 0.3) is 0 Å². The molecular weight excluding hydrogens is 240 g/mol. The standard InChI is InChI=1S/C15H26N2O2/c1-15(2)14(19)16(3)9-10-17(15)11-13(18)12-7-5-4-6-8-12/h12H,4-11H2,1-3H3. The first kappa shape index (κ1) is 14.5. The molecule has 108 valence electrons. The zero-order valence-corrected chi connectivity index (χ0v) is 12.4. The average Bonchev–Trinajstić information content (AvgIpc) is 2.41. The molecule has 0 aromatic carbocycles. The Bertz CT molecular complexity index is 359. The summed E-state index contributed by atoms with van der Waals surface area (Å²) >= 11 is 0. The third-order valence-electron chi connectivity index (χ3n) is 4.77. The molecule has 0 spiro atoms. The molecular formula is C15H26N2O2. The molecule has 2 fully saturated rings. The molecule has 4 nitrogen and oxygen atoms in total. The molecule has 2 aliphatic rings. The van der Waals surface area contributed by atoms with Crippen molar-refractivity contribution in [2.75, 3.05) is 26.7 Å². The first-order chi connectivity index (χ1) is 8.93. The second-order valence-electron chi connectivity index (χ2n) is 6.51. The number of carbonyl (C=O) groups excluding carboxylic acids is 2. The maximum absolute atomic E-state index is 12.4. The Morgan fingerprint density at radius 3 is 2.47 bits per heavy atom. The van der Waals surface area contributed by atoms with Gasteiger partial charge in [-0.2, -0.15) is 0 Å². The van der Waals surface area contributed by atoms with Gasteiger partial charge in [0, 0.05) is 26.1 Å². The highest BCUT2D eigenvalue weighted by atomic mass is 16.2. The number of hydrogen-bond acceptors (Lipinski definition) is 3. The minimum absolute atomic E-state index is 0.121. The van der Waals surface area contributed by atoms with E-state index in [1.54, 1.807) is 4.90 Å². The number of nitrogens with zero attached hydrogens (tertiary/aromatic N) is 2. The molecule has 0 bridgehead atoms. The van der Waals surface area contributed by atoms with Gasteiger partial charge in [-0.15, -0.1) is 0 Å². The van der Waals surface area contributed by atoms with Crippen LogP contribution in [0.4, 0.5) is 0 Å². The second kappa shape index (κ2) is 5.61. The lowest BCUT2D eigenvalue weighted by atomic mass is 9.85. The Kier molecular flexibility index (Phi) is 4.29. The van der Waals surface area contributed by atoms with E-state index in [1.807, 2.05) is 20.9 Å². The van der Waals surface area contributed by atoms with E-state index in [2.05, 4.69) is 4.90 Å². The molecule has 1 amide bonds. The number of hydrogen-bond donors (Lipinski definition) is 0. The number of ketones is 1. The molecule has 1 saturated carbocycles. The van der Waals surface area contributed by atoms with E-state index in [0.717, 1.165) is 25.9 Å². The number of Topliss-reactive ketones (excluding diaryl/α,β-unsaturated/α-hetero) is 1. The summed E-state index contributed by atoms with van der Waals surface area (Å²) in [6.07, 6.45) is 5.72. The number of amides is 1. The molecule has 0 aromatic rings. The van der Waals surface area contributed by atoms with Crippen LogP contribution < -0.4 is 0 Å². The van der Waals surface area contributed by atoms with E-state index in [-0.39, 0.29) is 11.8 Å². The third kappa shape index (κ3) is 2.99. The summed E-state index contributed by atoms with van der Waals surface area (Å²) in [5.74, 6) is 0.694. The summed E-state index contributed by atoms with van der Waals surface area (Å²) in [6, 6.07) is 0. The second-order valence-corrected chi connectivity index (χ2v) is 6.51. The van der Waals surface area contributed by atoms with Crippen LogP contribution in [0.2, 0.25) is 0 Å². The topological polar surface area (TPSA) is 40.6 Å². The first-order valence-electron chi connectivity index (χ1n) is 7.46. The Balaban J connectivity index is 1.98.